The Kier molecular flexibility index (Phi) is 8.43. The third kappa shape index (κ3) is 5.66. The highest BCUT2D eigenvalue weighted by Gasteiger charge is 1.96. The molecule has 0 fully saturated rings. The van der Waals surface area contributed by atoms with E-state index in [0.29, 0.717) is 13.1 Å². The molecular formula is C11H16IN3O. The number of halogens is 1. The van der Waals surface area contributed by atoms with Crippen molar-refractivity contribution in [2.45, 2.75) is 13.5 Å². The Balaban J connectivity index is 0.00000225. The summed E-state index contributed by atoms with van der Waals surface area (Å²) in [7, 11) is 0. The quantitative estimate of drug-likeness (QED) is 0.381. The normalized spacial score (nSPS) is 10.1. The second-order valence-electron chi connectivity index (χ2n) is 2.88. The van der Waals surface area contributed by atoms with Gasteiger partial charge in [0.15, 0.2) is 5.96 Å². The molecule has 0 saturated heterocycles. The van der Waals surface area contributed by atoms with Crippen molar-refractivity contribution < 1.29 is 4.42 Å². The number of hydrogen-bond donors (Lipinski definition) is 2. The van der Waals surface area contributed by atoms with E-state index in [1.54, 1.807) is 12.5 Å². The standard InChI is InChI=1S/C11H15N3O.HI/c1-3-6-13-11(12-4-2)14-8-10-5-7-15-9-10;/h1,5,7,9H,4,6,8H2,2H3,(H2,12,13,14);1H. The third-order valence-corrected chi connectivity index (χ3v) is 1.70. The van der Waals surface area contributed by atoms with E-state index in [1.807, 2.05) is 13.0 Å². The van der Waals surface area contributed by atoms with Gasteiger partial charge in [0.25, 0.3) is 0 Å². The Hall–Kier alpha value is -1.16. The van der Waals surface area contributed by atoms with E-state index in [4.69, 9.17) is 10.8 Å². The topological polar surface area (TPSA) is 49.6 Å². The molecule has 0 aromatic carbocycles. The van der Waals surface area contributed by atoms with Crippen LogP contribution in [-0.4, -0.2) is 19.0 Å². The van der Waals surface area contributed by atoms with Crippen LogP contribution >= 0.6 is 24.0 Å². The van der Waals surface area contributed by atoms with Gasteiger partial charge in [-0.3, -0.25) is 0 Å². The molecule has 0 radical (unpaired) electrons. The molecule has 1 heterocycles. The Labute approximate surface area is 113 Å². The highest BCUT2D eigenvalue weighted by Crippen LogP contribution is 2.00. The number of nitrogens with one attached hydrogen (secondary N) is 2. The summed E-state index contributed by atoms with van der Waals surface area (Å²) in [6.45, 7) is 3.86. The Morgan fingerprint density at radius 1 is 1.56 bits per heavy atom. The van der Waals surface area contributed by atoms with Crippen LogP contribution in [0.15, 0.2) is 28.0 Å². The maximum atomic E-state index is 5.15. The number of hydrogen-bond acceptors (Lipinski definition) is 2. The molecule has 0 aliphatic rings. The fourth-order valence-corrected chi connectivity index (χ4v) is 1.03. The van der Waals surface area contributed by atoms with Crippen molar-refractivity contribution in [3.8, 4) is 12.3 Å². The minimum Gasteiger partial charge on any atom is -0.472 e. The number of guanidine groups is 1. The zero-order valence-electron chi connectivity index (χ0n) is 9.19. The molecule has 0 bridgehead atoms. The highest BCUT2D eigenvalue weighted by atomic mass is 127. The van der Waals surface area contributed by atoms with Gasteiger partial charge in [-0.15, -0.1) is 30.4 Å². The lowest BCUT2D eigenvalue weighted by atomic mass is 10.3. The van der Waals surface area contributed by atoms with Crippen molar-refractivity contribution in [1.82, 2.24) is 10.6 Å². The number of furan rings is 1. The monoisotopic (exact) mass is 333 g/mol. The van der Waals surface area contributed by atoms with Gasteiger partial charge in [0, 0.05) is 12.1 Å². The average Bonchev–Trinajstić information content (AvgIpc) is 2.75. The minimum atomic E-state index is 0. The van der Waals surface area contributed by atoms with Crippen LogP contribution in [0, 0.1) is 12.3 Å². The maximum Gasteiger partial charge on any atom is 0.192 e. The summed E-state index contributed by atoms with van der Waals surface area (Å²) in [6.07, 6.45) is 8.46. The lowest BCUT2D eigenvalue weighted by Gasteiger charge is -2.07. The first-order valence-corrected chi connectivity index (χ1v) is 4.83. The summed E-state index contributed by atoms with van der Waals surface area (Å²) in [6, 6.07) is 1.88. The van der Waals surface area contributed by atoms with E-state index in [1.165, 1.54) is 0 Å². The van der Waals surface area contributed by atoms with Crippen LogP contribution in [0.25, 0.3) is 0 Å². The second-order valence-corrected chi connectivity index (χ2v) is 2.88. The molecule has 2 N–H and O–H groups in total. The molecule has 0 aliphatic heterocycles. The van der Waals surface area contributed by atoms with Crippen LogP contribution in [-0.2, 0) is 6.54 Å². The van der Waals surface area contributed by atoms with E-state index < -0.39 is 0 Å². The molecule has 0 aliphatic carbocycles. The maximum absolute atomic E-state index is 5.15. The van der Waals surface area contributed by atoms with Crippen LogP contribution in [0.1, 0.15) is 12.5 Å². The Morgan fingerprint density at radius 2 is 2.38 bits per heavy atom. The van der Waals surface area contributed by atoms with Crippen LogP contribution in [0.4, 0.5) is 0 Å². The van der Waals surface area contributed by atoms with Crippen molar-refractivity contribution >= 4 is 29.9 Å². The van der Waals surface area contributed by atoms with Gasteiger partial charge in [0.2, 0.25) is 0 Å². The molecular weight excluding hydrogens is 317 g/mol. The molecule has 88 valence electrons. The molecule has 0 unspecified atom stereocenters. The van der Waals surface area contributed by atoms with E-state index >= 15 is 0 Å². The van der Waals surface area contributed by atoms with Gasteiger partial charge < -0.3 is 15.1 Å². The third-order valence-electron chi connectivity index (χ3n) is 1.70. The van der Waals surface area contributed by atoms with Crippen LogP contribution in [0.3, 0.4) is 0 Å². The van der Waals surface area contributed by atoms with Crippen LogP contribution < -0.4 is 10.6 Å². The number of terminal acetylenes is 1. The van der Waals surface area contributed by atoms with Gasteiger partial charge in [-0.25, -0.2) is 4.99 Å². The predicted molar refractivity (Wildman–Crippen MR) is 75.8 cm³/mol. The summed E-state index contributed by atoms with van der Waals surface area (Å²) in [5.41, 5.74) is 1.04. The van der Waals surface area contributed by atoms with Crippen molar-refractivity contribution in [2.75, 3.05) is 13.1 Å². The van der Waals surface area contributed by atoms with Crippen molar-refractivity contribution in [3.05, 3.63) is 24.2 Å². The van der Waals surface area contributed by atoms with Gasteiger partial charge in [0.1, 0.15) is 0 Å². The average molecular weight is 333 g/mol. The zero-order valence-corrected chi connectivity index (χ0v) is 11.5. The SMILES string of the molecule is C#CCNC(=NCc1ccoc1)NCC.I. The molecule has 1 aromatic rings. The molecule has 1 rings (SSSR count). The van der Waals surface area contributed by atoms with Crippen molar-refractivity contribution in [1.29, 1.82) is 0 Å². The Bertz CT molecular complexity index is 341. The first kappa shape index (κ1) is 14.8. The van der Waals surface area contributed by atoms with Gasteiger partial charge >= 0.3 is 0 Å². The molecule has 1 aromatic heterocycles. The number of aliphatic imine (C=N–C) groups is 1. The molecule has 0 saturated carbocycles. The van der Waals surface area contributed by atoms with E-state index in [0.717, 1.165) is 18.1 Å². The zero-order chi connectivity index (χ0) is 10.9. The molecule has 16 heavy (non-hydrogen) atoms. The molecule has 0 amide bonds. The fraction of sp³-hybridized carbons (Fsp3) is 0.364. The van der Waals surface area contributed by atoms with Gasteiger partial charge in [-0.05, 0) is 13.0 Å². The fourth-order valence-electron chi connectivity index (χ4n) is 1.03. The van der Waals surface area contributed by atoms with Crippen LogP contribution in [0.2, 0.25) is 0 Å². The van der Waals surface area contributed by atoms with Gasteiger partial charge in [-0.2, -0.15) is 0 Å². The summed E-state index contributed by atoms with van der Waals surface area (Å²) < 4.78 is 4.95. The lowest BCUT2D eigenvalue weighted by Crippen LogP contribution is -2.37. The smallest absolute Gasteiger partial charge is 0.192 e. The predicted octanol–water partition coefficient (Wildman–Crippen LogP) is 1.59. The van der Waals surface area contributed by atoms with E-state index in [2.05, 4.69) is 21.5 Å². The summed E-state index contributed by atoms with van der Waals surface area (Å²) in [5, 5.41) is 6.10. The largest absolute Gasteiger partial charge is 0.472 e. The number of rotatable bonds is 4. The molecule has 0 spiro atoms. The second kappa shape index (κ2) is 9.09. The van der Waals surface area contributed by atoms with Crippen LogP contribution in [0.5, 0.6) is 0 Å². The number of nitrogens with zero attached hydrogens (tertiary/aromatic N) is 1. The summed E-state index contributed by atoms with van der Waals surface area (Å²) in [4.78, 5) is 4.33. The molecule has 4 nitrogen and oxygen atoms in total. The van der Waals surface area contributed by atoms with Crippen molar-refractivity contribution in [3.63, 3.8) is 0 Å². The van der Waals surface area contributed by atoms with E-state index in [9.17, 15) is 0 Å². The van der Waals surface area contributed by atoms with E-state index in [-0.39, 0.29) is 24.0 Å². The highest BCUT2D eigenvalue weighted by molar-refractivity contribution is 14.0. The van der Waals surface area contributed by atoms with Gasteiger partial charge in [0.05, 0.1) is 25.6 Å². The van der Waals surface area contributed by atoms with Crippen molar-refractivity contribution in [2.24, 2.45) is 4.99 Å². The minimum absolute atomic E-state index is 0. The first-order chi connectivity index (χ1) is 7.36. The summed E-state index contributed by atoms with van der Waals surface area (Å²) >= 11 is 0. The lowest BCUT2D eigenvalue weighted by molar-refractivity contribution is 0.564. The molecule has 5 heteroatoms. The Morgan fingerprint density at radius 3 is 2.94 bits per heavy atom. The van der Waals surface area contributed by atoms with Gasteiger partial charge in [-0.1, -0.05) is 5.92 Å². The first-order valence-electron chi connectivity index (χ1n) is 4.83. The summed E-state index contributed by atoms with van der Waals surface area (Å²) in [5.74, 6) is 3.22. The molecule has 0 atom stereocenters.